The number of hydrogen-bond acceptors (Lipinski definition) is 9. The first-order valence-corrected chi connectivity index (χ1v) is 11.0. The van der Waals surface area contributed by atoms with Gasteiger partial charge in [-0.3, -0.25) is 9.47 Å². The summed E-state index contributed by atoms with van der Waals surface area (Å²) in [5, 5.41) is 9.87. The van der Waals surface area contributed by atoms with Crippen LogP contribution in [0.3, 0.4) is 0 Å². The number of rotatable bonds is 7. The second-order valence-corrected chi connectivity index (χ2v) is 7.97. The van der Waals surface area contributed by atoms with E-state index in [1.54, 1.807) is 12.7 Å². The summed E-state index contributed by atoms with van der Waals surface area (Å²) in [6.45, 7) is 8.05. The zero-order chi connectivity index (χ0) is 22.1. The van der Waals surface area contributed by atoms with Crippen LogP contribution in [-0.4, -0.2) is 75.2 Å². The van der Waals surface area contributed by atoms with Crippen molar-refractivity contribution >= 4 is 17.0 Å². The van der Waals surface area contributed by atoms with E-state index in [-0.39, 0.29) is 25.7 Å². The van der Waals surface area contributed by atoms with Gasteiger partial charge < -0.3 is 24.2 Å². The van der Waals surface area contributed by atoms with Crippen molar-refractivity contribution < 1.29 is 19.3 Å². The van der Waals surface area contributed by atoms with Gasteiger partial charge in [0.1, 0.15) is 12.6 Å². The number of aromatic nitrogens is 4. The minimum absolute atomic E-state index is 0.0551. The van der Waals surface area contributed by atoms with Crippen molar-refractivity contribution in [3.63, 3.8) is 0 Å². The van der Waals surface area contributed by atoms with E-state index in [1.165, 1.54) is 0 Å². The monoisotopic (exact) mass is 440 g/mol. The minimum atomic E-state index is -0.320. The first-order chi connectivity index (χ1) is 15.7. The zero-order valence-electron chi connectivity index (χ0n) is 18.3. The lowest BCUT2D eigenvalue weighted by Gasteiger charge is -2.38. The third kappa shape index (κ3) is 3.85. The molecule has 1 aromatic carbocycles. The molecule has 4 heterocycles. The molecule has 0 unspecified atom stereocenters. The van der Waals surface area contributed by atoms with Gasteiger partial charge in [0.15, 0.2) is 28.5 Å². The Bertz CT molecular complexity index is 1090. The Morgan fingerprint density at radius 1 is 1.09 bits per heavy atom. The van der Waals surface area contributed by atoms with Gasteiger partial charge >= 0.3 is 0 Å². The highest BCUT2D eigenvalue weighted by Gasteiger charge is 2.30. The summed E-state index contributed by atoms with van der Waals surface area (Å²) < 4.78 is 19.1. The Morgan fingerprint density at radius 2 is 1.94 bits per heavy atom. The number of anilines is 1. The van der Waals surface area contributed by atoms with Crippen molar-refractivity contribution in [2.45, 2.75) is 32.7 Å². The molecule has 1 saturated heterocycles. The molecular weight excluding hydrogens is 412 g/mol. The van der Waals surface area contributed by atoms with E-state index in [0.717, 1.165) is 47.1 Å². The molecule has 2 aliphatic heterocycles. The van der Waals surface area contributed by atoms with Crippen LogP contribution in [0.25, 0.3) is 11.2 Å². The van der Waals surface area contributed by atoms with Gasteiger partial charge in [-0.2, -0.15) is 0 Å². The van der Waals surface area contributed by atoms with Gasteiger partial charge in [-0.15, -0.1) is 0 Å². The molecule has 0 saturated carbocycles. The molecule has 2 aromatic heterocycles. The third-order valence-electron chi connectivity index (χ3n) is 5.99. The lowest BCUT2D eigenvalue weighted by atomic mass is 10.1. The maximum absolute atomic E-state index is 9.87. The van der Waals surface area contributed by atoms with Crippen LogP contribution >= 0.6 is 0 Å². The molecule has 1 fully saturated rings. The van der Waals surface area contributed by atoms with E-state index in [9.17, 15) is 5.11 Å². The van der Waals surface area contributed by atoms with E-state index >= 15 is 0 Å². The van der Waals surface area contributed by atoms with Crippen LogP contribution in [0.15, 0.2) is 30.9 Å². The highest BCUT2D eigenvalue weighted by Crippen LogP contribution is 2.33. The van der Waals surface area contributed by atoms with Crippen molar-refractivity contribution in [1.29, 1.82) is 0 Å². The van der Waals surface area contributed by atoms with Crippen LogP contribution < -0.4 is 14.4 Å². The molecule has 2 atom stereocenters. The van der Waals surface area contributed by atoms with Crippen LogP contribution in [0.4, 0.5) is 5.82 Å². The summed E-state index contributed by atoms with van der Waals surface area (Å²) in [6.07, 6.45) is 2.71. The molecular formula is C22H28N6O4. The molecule has 0 bridgehead atoms. The van der Waals surface area contributed by atoms with Gasteiger partial charge in [-0.1, -0.05) is 6.07 Å². The van der Waals surface area contributed by atoms with Gasteiger partial charge in [0.2, 0.25) is 6.79 Å². The smallest absolute Gasteiger partial charge is 0.231 e. The Morgan fingerprint density at radius 3 is 2.75 bits per heavy atom. The van der Waals surface area contributed by atoms with E-state index < -0.39 is 0 Å². The first kappa shape index (κ1) is 20.9. The molecule has 2 aliphatic rings. The maximum Gasteiger partial charge on any atom is 0.231 e. The zero-order valence-corrected chi connectivity index (χ0v) is 18.3. The Balaban J connectivity index is 1.40. The van der Waals surface area contributed by atoms with Crippen molar-refractivity contribution in [3.05, 3.63) is 36.4 Å². The van der Waals surface area contributed by atoms with Crippen LogP contribution in [0.5, 0.6) is 11.5 Å². The lowest BCUT2D eigenvalue weighted by Crippen LogP contribution is -2.46. The molecule has 3 aromatic rings. The standard InChI is InChI=1S/C22H28N6O4/c1-3-27(4-2)21-20-22(24-12-23-21)28(13-25-20)19-10-26(9-16(11-29)32-19)8-15-5-6-17-18(7-15)31-14-30-17/h5-7,12-13,16,19,29H,3-4,8-11,14H2,1-2H3/t16-,19+/m0/s1. The number of imidazole rings is 1. The largest absolute Gasteiger partial charge is 0.454 e. The van der Waals surface area contributed by atoms with Gasteiger partial charge in [0.25, 0.3) is 0 Å². The molecule has 0 amide bonds. The number of morpholine rings is 1. The second kappa shape index (κ2) is 8.89. The molecule has 10 heteroatoms. The molecule has 170 valence electrons. The number of fused-ring (bicyclic) bond motifs is 2. The number of aliphatic hydroxyl groups is 1. The number of benzene rings is 1. The summed E-state index contributed by atoms with van der Waals surface area (Å²) in [5.41, 5.74) is 2.61. The van der Waals surface area contributed by atoms with Crippen LogP contribution in [0.1, 0.15) is 25.6 Å². The molecule has 0 radical (unpaired) electrons. The fourth-order valence-electron chi connectivity index (χ4n) is 4.38. The highest BCUT2D eigenvalue weighted by atomic mass is 16.7. The number of nitrogens with zero attached hydrogens (tertiary/aromatic N) is 6. The minimum Gasteiger partial charge on any atom is -0.454 e. The van der Waals surface area contributed by atoms with E-state index in [0.29, 0.717) is 19.6 Å². The summed E-state index contributed by atoms with van der Waals surface area (Å²) in [5.74, 6) is 2.37. The summed E-state index contributed by atoms with van der Waals surface area (Å²) >= 11 is 0. The van der Waals surface area contributed by atoms with Crippen LogP contribution in [-0.2, 0) is 11.3 Å². The molecule has 32 heavy (non-hydrogen) atoms. The predicted octanol–water partition coefficient (Wildman–Crippen LogP) is 1.79. The number of hydrogen-bond donors (Lipinski definition) is 1. The normalized spacial score (nSPS) is 20.7. The topological polar surface area (TPSA) is 98.0 Å². The fourth-order valence-corrected chi connectivity index (χ4v) is 4.38. The SMILES string of the molecule is CCN(CC)c1ncnc2c1ncn2[C@H]1CN(Cc2ccc3c(c2)OCO3)C[C@@H](CO)O1. The van der Waals surface area contributed by atoms with Gasteiger partial charge in [0, 0.05) is 32.7 Å². The molecule has 5 rings (SSSR count). The van der Waals surface area contributed by atoms with Crippen molar-refractivity contribution in [2.24, 2.45) is 0 Å². The van der Waals surface area contributed by atoms with Gasteiger partial charge in [-0.05, 0) is 31.5 Å². The van der Waals surface area contributed by atoms with Crippen molar-refractivity contribution in [3.8, 4) is 11.5 Å². The van der Waals surface area contributed by atoms with Gasteiger partial charge in [0.05, 0.1) is 19.0 Å². The van der Waals surface area contributed by atoms with E-state index in [2.05, 4.69) is 38.6 Å². The maximum atomic E-state index is 9.87. The fraction of sp³-hybridized carbons (Fsp3) is 0.500. The van der Waals surface area contributed by atoms with Crippen molar-refractivity contribution in [2.75, 3.05) is 44.5 Å². The Hall–Kier alpha value is -2.95. The Labute approximate surface area is 186 Å². The summed E-state index contributed by atoms with van der Waals surface area (Å²) in [4.78, 5) is 18.0. The summed E-state index contributed by atoms with van der Waals surface area (Å²) in [7, 11) is 0. The first-order valence-electron chi connectivity index (χ1n) is 11.0. The molecule has 10 nitrogen and oxygen atoms in total. The van der Waals surface area contributed by atoms with Gasteiger partial charge in [-0.25, -0.2) is 15.0 Å². The lowest BCUT2D eigenvalue weighted by molar-refractivity contribution is -0.135. The molecule has 0 spiro atoms. The predicted molar refractivity (Wildman–Crippen MR) is 118 cm³/mol. The average Bonchev–Trinajstić information content (AvgIpc) is 3.46. The van der Waals surface area contributed by atoms with Crippen LogP contribution in [0, 0.1) is 0 Å². The molecule has 0 aliphatic carbocycles. The third-order valence-corrected chi connectivity index (χ3v) is 5.99. The average molecular weight is 441 g/mol. The highest BCUT2D eigenvalue weighted by molar-refractivity contribution is 5.83. The Kier molecular flexibility index (Phi) is 5.81. The quantitative estimate of drug-likeness (QED) is 0.590. The van der Waals surface area contributed by atoms with Crippen molar-refractivity contribution in [1.82, 2.24) is 24.4 Å². The number of ether oxygens (including phenoxy) is 3. The van der Waals surface area contributed by atoms with E-state index in [1.807, 2.05) is 22.8 Å². The van der Waals surface area contributed by atoms with E-state index in [4.69, 9.17) is 14.2 Å². The van der Waals surface area contributed by atoms with Crippen LogP contribution in [0.2, 0.25) is 0 Å². The molecule has 1 N–H and O–H groups in total. The summed E-state index contributed by atoms with van der Waals surface area (Å²) in [6, 6.07) is 5.99. The number of aliphatic hydroxyl groups excluding tert-OH is 1. The second-order valence-electron chi connectivity index (χ2n) is 7.97.